The number of benzene rings is 1. The van der Waals surface area contributed by atoms with Crippen LogP contribution in [0.4, 0.5) is 10.3 Å². The van der Waals surface area contributed by atoms with Gasteiger partial charge in [0, 0.05) is 44.0 Å². The van der Waals surface area contributed by atoms with Crippen LogP contribution in [0.1, 0.15) is 12.8 Å². The van der Waals surface area contributed by atoms with Crippen molar-refractivity contribution < 1.29 is 9.18 Å². The Labute approximate surface area is 155 Å². The van der Waals surface area contributed by atoms with E-state index in [1.807, 2.05) is 12.3 Å². The average molecular weight is 366 g/mol. The van der Waals surface area contributed by atoms with Gasteiger partial charge in [0.15, 0.2) is 0 Å². The summed E-state index contributed by atoms with van der Waals surface area (Å²) < 4.78 is 14.8. The van der Waals surface area contributed by atoms with Gasteiger partial charge in [-0.3, -0.25) is 4.79 Å². The lowest BCUT2D eigenvalue weighted by molar-refractivity contribution is -0.132. The van der Waals surface area contributed by atoms with Gasteiger partial charge in [0.2, 0.25) is 11.9 Å². The van der Waals surface area contributed by atoms with E-state index < -0.39 is 0 Å². The van der Waals surface area contributed by atoms with Crippen LogP contribution in [0.25, 0.3) is 16.9 Å². The van der Waals surface area contributed by atoms with Gasteiger partial charge in [-0.2, -0.15) is 5.10 Å². The van der Waals surface area contributed by atoms with Crippen LogP contribution in [0.15, 0.2) is 48.9 Å². The SMILES string of the molecule is CN1C[C@H](Nc2nccc(-c3cnn(-c4ccc(F)cc4)c3)n2)CCC1=O. The predicted octanol–water partition coefficient (Wildman–Crippen LogP) is 2.50. The van der Waals surface area contributed by atoms with Crippen molar-refractivity contribution in [3.63, 3.8) is 0 Å². The minimum absolute atomic E-state index is 0.130. The van der Waals surface area contributed by atoms with Crippen molar-refractivity contribution in [2.24, 2.45) is 0 Å². The second-order valence-corrected chi connectivity index (χ2v) is 6.57. The molecular weight excluding hydrogens is 347 g/mol. The molecule has 1 aliphatic heterocycles. The fraction of sp³-hybridized carbons (Fsp3) is 0.263. The number of amides is 1. The number of carbonyl (C=O) groups excluding carboxylic acids is 1. The van der Waals surface area contributed by atoms with Crippen molar-refractivity contribution in [3.05, 3.63) is 54.7 Å². The summed E-state index contributed by atoms with van der Waals surface area (Å²) in [5, 5.41) is 7.63. The van der Waals surface area contributed by atoms with Gasteiger partial charge < -0.3 is 10.2 Å². The third kappa shape index (κ3) is 3.79. The summed E-state index contributed by atoms with van der Waals surface area (Å²) >= 11 is 0. The molecule has 138 valence electrons. The van der Waals surface area contributed by atoms with Crippen molar-refractivity contribution in [1.29, 1.82) is 0 Å². The first-order valence-corrected chi connectivity index (χ1v) is 8.73. The molecule has 1 fully saturated rings. The molecule has 3 aromatic rings. The molecule has 1 aromatic carbocycles. The molecule has 0 spiro atoms. The fourth-order valence-electron chi connectivity index (χ4n) is 3.09. The summed E-state index contributed by atoms with van der Waals surface area (Å²) in [6.45, 7) is 0.634. The molecular formula is C19H19FN6O. The van der Waals surface area contributed by atoms with E-state index in [0.717, 1.165) is 23.4 Å². The zero-order valence-corrected chi connectivity index (χ0v) is 14.8. The quantitative estimate of drug-likeness (QED) is 0.768. The molecule has 0 unspecified atom stereocenters. The largest absolute Gasteiger partial charge is 0.350 e. The van der Waals surface area contributed by atoms with Crippen LogP contribution in [-0.2, 0) is 4.79 Å². The number of hydrogen-bond donors (Lipinski definition) is 1. The first-order valence-electron chi connectivity index (χ1n) is 8.73. The number of carbonyl (C=O) groups is 1. The highest BCUT2D eigenvalue weighted by Crippen LogP contribution is 2.20. The predicted molar refractivity (Wildman–Crippen MR) is 98.8 cm³/mol. The first-order chi connectivity index (χ1) is 13.1. The number of piperidine rings is 1. The van der Waals surface area contributed by atoms with E-state index >= 15 is 0 Å². The van der Waals surface area contributed by atoms with E-state index in [0.29, 0.717) is 18.9 Å². The molecule has 1 atom stereocenters. The van der Waals surface area contributed by atoms with E-state index in [2.05, 4.69) is 20.4 Å². The van der Waals surface area contributed by atoms with Gasteiger partial charge in [0.05, 0.1) is 17.6 Å². The van der Waals surface area contributed by atoms with E-state index in [-0.39, 0.29) is 17.8 Å². The third-order valence-corrected chi connectivity index (χ3v) is 4.58. The Bertz CT molecular complexity index is 955. The van der Waals surface area contributed by atoms with Crippen LogP contribution in [0.5, 0.6) is 0 Å². The summed E-state index contributed by atoms with van der Waals surface area (Å²) in [5.74, 6) is 0.401. The highest BCUT2D eigenvalue weighted by molar-refractivity contribution is 5.77. The Morgan fingerprint density at radius 2 is 2.04 bits per heavy atom. The van der Waals surface area contributed by atoms with Crippen molar-refractivity contribution in [2.75, 3.05) is 18.9 Å². The lowest BCUT2D eigenvalue weighted by Crippen LogP contribution is -2.43. The molecule has 0 radical (unpaired) electrons. The van der Waals surface area contributed by atoms with Gasteiger partial charge in [-0.15, -0.1) is 0 Å². The monoisotopic (exact) mass is 366 g/mol. The maximum Gasteiger partial charge on any atom is 0.223 e. The number of hydrogen-bond acceptors (Lipinski definition) is 5. The summed E-state index contributed by atoms with van der Waals surface area (Å²) in [6.07, 6.45) is 6.53. The molecule has 1 aliphatic rings. The Hall–Kier alpha value is -3.29. The van der Waals surface area contributed by atoms with Crippen molar-refractivity contribution in [1.82, 2.24) is 24.6 Å². The summed E-state index contributed by atoms with van der Waals surface area (Å²) in [5.41, 5.74) is 2.34. The number of aromatic nitrogens is 4. The third-order valence-electron chi connectivity index (χ3n) is 4.58. The van der Waals surface area contributed by atoms with Gasteiger partial charge in [-0.25, -0.2) is 19.0 Å². The molecule has 27 heavy (non-hydrogen) atoms. The average Bonchev–Trinajstić information content (AvgIpc) is 3.16. The zero-order chi connectivity index (χ0) is 18.8. The molecule has 2 aromatic heterocycles. The van der Waals surface area contributed by atoms with Crippen LogP contribution in [0.3, 0.4) is 0 Å². The molecule has 4 rings (SSSR count). The van der Waals surface area contributed by atoms with Gasteiger partial charge in [0.1, 0.15) is 5.82 Å². The van der Waals surface area contributed by atoms with Crippen molar-refractivity contribution in [2.45, 2.75) is 18.9 Å². The molecule has 8 heteroatoms. The van der Waals surface area contributed by atoms with Crippen LogP contribution in [-0.4, -0.2) is 50.2 Å². The molecule has 1 saturated heterocycles. The summed E-state index contributed by atoms with van der Waals surface area (Å²) in [4.78, 5) is 22.2. The standard InChI is InChI=1S/C19H19FN6O/c1-25-12-15(4-7-18(25)27)23-19-21-9-8-17(24-19)13-10-22-26(11-13)16-5-2-14(20)3-6-16/h2-3,5-6,8-11,15H,4,7,12H2,1H3,(H,21,23,24)/t15-/m1/s1. The second-order valence-electron chi connectivity index (χ2n) is 6.57. The Morgan fingerprint density at radius 3 is 2.81 bits per heavy atom. The number of nitrogens with zero attached hydrogens (tertiary/aromatic N) is 5. The van der Waals surface area contributed by atoms with Crippen LogP contribution in [0, 0.1) is 5.82 Å². The second kappa shape index (κ2) is 7.14. The number of likely N-dealkylation sites (N-methyl/N-ethyl adjacent to an activating group) is 1. The highest BCUT2D eigenvalue weighted by Gasteiger charge is 2.23. The summed E-state index contributed by atoms with van der Waals surface area (Å²) in [7, 11) is 1.80. The Kier molecular flexibility index (Phi) is 4.53. The number of likely N-dealkylation sites (tertiary alicyclic amines) is 1. The molecule has 0 saturated carbocycles. The molecule has 0 aliphatic carbocycles. The minimum Gasteiger partial charge on any atom is -0.350 e. The zero-order valence-electron chi connectivity index (χ0n) is 14.8. The smallest absolute Gasteiger partial charge is 0.223 e. The highest BCUT2D eigenvalue weighted by atomic mass is 19.1. The first kappa shape index (κ1) is 17.1. The molecule has 1 amide bonds. The van der Waals surface area contributed by atoms with Gasteiger partial charge in [-0.1, -0.05) is 0 Å². The molecule has 7 nitrogen and oxygen atoms in total. The normalized spacial score (nSPS) is 17.2. The van der Waals surface area contributed by atoms with Gasteiger partial charge >= 0.3 is 0 Å². The maximum absolute atomic E-state index is 13.1. The van der Waals surface area contributed by atoms with E-state index in [9.17, 15) is 9.18 Å². The van der Waals surface area contributed by atoms with Crippen molar-refractivity contribution in [3.8, 4) is 16.9 Å². The van der Waals surface area contributed by atoms with E-state index in [1.54, 1.807) is 41.2 Å². The number of rotatable bonds is 4. The summed E-state index contributed by atoms with van der Waals surface area (Å²) in [6, 6.07) is 8.07. The van der Waals surface area contributed by atoms with Gasteiger partial charge in [0.25, 0.3) is 0 Å². The van der Waals surface area contributed by atoms with Gasteiger partial charge in [-0.05, 0) is 36.8 Å². The maximum atomic E-state index is 13.1. The van der Waals surface area contributed by atoms with Crippen LogP contribution < -0.4 is 5.32 Å². The Morgan fingerprint density at radius 1 is 1.22 bits per heavy atom. The Balaban J connectivity index is 1.51. The molecule has 1 N–H and O–H groups in total. The topological polar surface area (TPSA) is 75.9 Å². The fourth-order valence-corrected chi connectivity index (χ4v) is 3.09. The van der Waals surface area contributed by atoms with Crippen LogP contribution >= 0.6 is 0 Å². The number of halogens is 1. The molecule has 0 bridgehead atoms. The number of anilines is 1. The number of nitrogens with one attached hydrogen (secondary N) is 1. The lowest BCUT2D eigenvalue weighted by Gasteiger charge is -2.30. The van der Waals surface area contributed by atoms with Crippen LogP contribution in [0.2, 0.25) is 0 Å². The van der Waals surface area contributed by atoms with E-state index in [1.165, 1.54) is 12.1 Å². The van der Waals surface area contributed by atoms with E-state index in [4.69, 9.17) is 0 Å². The van der Waals surface area contributed by atoms with Crippen molar-refractivity contribution >= 4 is 11.9 Å². The lowest BCUT2D eigenvalue weighted by atomic mass is 10.1. The minimum atomic E-state index is -0.285. The molecule has 3 heterocycles.